The first-order chi connectivity index (χ1) is 13.6. The molecule has 0 amide bonds. The molecule has 4 rings (SSSR count). The summed E-state index contributed by atoms with van der Waals surface area (Å²) in [5, 5.41) is 39.9. The fourth-order valence-electron chi connectivity index (χ4n) is 4.05. The van der Waals surface area contributed by atoms with E-state index in [0.717, 1.165) is 11.5 Å². The normalized spacial score (nSPS) is 30.2. The first-order valence-corrected chi connectivity index (χ1v) is 10.0. The third kappa shape index (κ3) is 4.08. The molecule has 5 nitrogen and oxygen atoms in total. The molecule has 5 heteroatoms. The average Bonchev–Trinajstić information content (AvgIpc) is 3.56. The summed E-state index contributed by atoms with van der Waals surface area (Å²) >= 11 is 0. The summed E-state index contributed by atoms with van der Waals surface area (Å²) in [6, 6.07) is 16.4. The van der Waals surface area contributed by atoms with Crippen LogP contribution in [-0.4, -0.2) is 51.4 Å². The fourth-order valence-corrected chi connectivity index (χ4v) is 4.05. The van der Waals surface area contributed by atoms with Crippen LogP contribution in [0.2, 0.25) is 0 Å². The lowest BCUT2D eigenvalue weighted by Gasteiger charge is -2.39. The lowest BCUT2D eigenvalue weighted by Crippen LogP contribution is -2.56. The van der Waals surface area contributed by atoms with Crippen molar-refractivity contribution in [1.82, 2.24) is 0 Å². The van der Waals surface area contributed by atoms with Gasteiger partial charge in [0.2, 0.25) is 0 Å². The zero-order valence-electron chi connectivity index (χ0n) is 15.8. The van der Waals surface area contributed by atoms with Crippen molar-refractivity contribution in [1.29, 1.82) is 0 Å². The van der Waals surface area contributed by atoms with Gasteiger partial charge in [-0.25, -0.2) is 0 Å². The van der Waals surface area contributed by atoms with Crippen LogP contribution in [0.5, 0.6) is 5.75 Å². The number of benzene rings is 2. The lowest BCUT2D eigenvalue weighted by atomic mass is 9.81. The van der Waals surface area contributed by atoms with Gasteiger partial charge in [0.15, 0.2) is 0 Å². The van der Waals surface area contributed by atoms with E-state index in [1.165, 1.54) is 24.0 Å². The van der Waals surface area contributed by atoms with Gasteiger partial charge in [0, 0.05) is 18.9 Å². The average molecular weight is 384 g/mol. The van der Waals surface area contributed by atoms with Gasteiger partial charge in [-0.2, -0.15) is 0 Å². The van der Waals surface area contributed by atoms with Crippen LogP contribution in [0.15, 0.2) is 48.5 Å². The largest absolute Gasteiger partial charge is 0.487 e. The van der Waals surface area contributed by atoms with Crippen LogP contribution in [0.3, 0.4) is 0 Å². The monoisotopic (exact) mass is 384 g/mol. The standard InChI is InChI=1S/C23H28O5/c24-13-18-12-20(22(26)23(27)21(18)25)28-19-4-2-1-3-17(19)11-14-5-7-15(8-6-14)16-9-10-16/h1-8,16,18,20-27H,9-13H2. The SMILES string of the molecule is OCC1CC(Oc2ccccc2Cc2ccc(C3CC3)cc2)C(O)C(O)C1O. The molecule has 2 saturated carbocycles. The molecule has 0 saturated heterocycles. The number of aliphatic hydroxyl groups is 4. The number of hydrogen-bond acceptors (Lipinski definition) is 5. The van der Waals surface area contributed by atoms with Crippen molar-refractivity contribution in [3.63, 3.8) is 0 Å². The van der Waals surface area contributed by atoms with Gasteiger partial charge in [0.05, 0.1) is 6.10 Å². The molecule has 150 valence electrons. The topological polar surface area (TPSA) is 90.2 Å². The molecule has 0 aromatic heterocycles. The second kappa shape index (κ2) is 8.21. The minimum absolute atomic E-state index is 0.264. The quantitative estimate of drug-likeness (QED) is 0.612. The maximum Gasteiger partial charge on any atom is 0.128 e. The highest BCUT2D eigenvalue weighted by molar-refractivity contribution is 5.39. The van der Waals surface area contributed by atoms with Crippen molar-refractivity contribution in [3.05, 3.63) is 65.2 Å². The first-order valence-electron chi connectivity index (χ1n) is 10.0. The van der Waals surface area contributed by atoms with Gasteiger partial charge in [-0.1, -0.05) is 42.5 Å². The first kappa shape index (κ1) is 19.4. The van der Waals surface area contributed by atoms with E-state index in [-0.39, 0.29) is 13.0 Å². The third-order valence-electron chi connectivity index (χ3n) is 6.01. The summed E-state index contributed by atoms with van der Waals surface area (Å²) in [6.07, 6.45) is -0.820. The van der Waals surface area contributed by atoms with E-state index < -0.39 is 30.3 Å². The van der Waals surface area contributed by atoms with Crippen LogP contribution in [-0.2, 0) is 6.42 Å². The fraction of sp³-hybridized carbons (Fsp3) is 0.478. The zero-order valence-corrected chi connectivity index (χ0v) is 15.8. The van der Waals surface area contributed by atoms with Crippen LogP contribution in [0.25, 0.3) is 0 Å². The Kier molecular flexibility index (Phi) is 5.69. The molecule has 0 radical (unpaired) electrons. The summed E-state index contributed by atoms with van der Waals surface area (Å²) in [5.74, 6) is 0.863. The molecule has 5 unspecified atom stereocenters. The Bertz CT molecular complexity index is 784. The highest BCUT2D eigenvalue weighted by atomic mass is 16.5. The van der Waals surface area contributed by atoms with Crippen LogP contribution >= 0.6 is 0 Å². The summed E-state index contributed by atoms with van der Waals surface area (Å²) in [4.78, 5) is 0. The number of aliphatic hydroxyl groups excluding tert-OH is 4. The van der Waals surface area contributed by atoms with E-state index in [1.807, 2.05) is 24.3 Å². The number of ether oxygens (including phenoxy) is 1. The number of para-hydroxylation sites is 1. The Labute approximate surface area is 165 Å². The van der Waals surface area contributed by atoms with Crippen molar-refractivity contribution in [3.8, 4) is 5.75 Å². The molecule has 0 aliphatic heterocycles. The second-order valence-corrected chi connectivity index (χ2v) is 8.11. The Morgan fingerprint density at radius 1 is 0.857 bits per heavy atom. The van der Waals surface area contributed by atoms with Crippen LogP contribution in [0, 0.1) is 5.92 Å². The van der Waals surface area contributed by atoms with E-state index in [1.54, 1.807) is 0 Å². The molecule has 4 N–H and O–H groups in total. The van der Waals surface area contributed by atoms with Crippen molar-refractivity contribution in [2.75, 3.05) is 6.61 Å². The van der Waals surface area contributed by atoms with Crippen molar-refractivity contribution >= 4 is 0 Å². The molecule has 5 atom stereocenters. The third-order valence-corrected chi connectivity index (χ3v) is 6.01. The molecule has 2 aromatic rings. The number of hydrogen-bond donors (Lipinski definition) is 4. The molecule has 0 bridgehead atoms. The molecule has 2 aliphatic rings. The van der Waals surface area contributed by atoms with E-state index >= 15 is 0 Å². The molecule has 2 aromatic carbocycles. The van der Waals surface area contributed by atoms with Crippen LogP contribution < -0.4 is 4.74 Å². The van der Waals surface area contributed by atoms with E-state index in [9.17, 15) is 20.4 Å². The minimum atomic E-state index is -1.34. The van der Waals surface area contributed by atoms with Gasteiger partial charge in [0.1, 0.15) is 24.1 Å². The van der Waals surface area contributed by atoms with E-state index in [0.29, 0.717) is 12.2 Å². The van der Waals surface area contributed by atoms with Crippen molar-refractivity contribution in [2.45, 2.75) is 56.0 Å². The molecule has 28 heavy (non-hydrogen) atoms. The molecule has 2 fully saturated rings. The van der Waals surface area contributed by atoms with Crippen LogP contribution in [0.4, 0.5) is 0 Å². The summed E-state index contributed by atoms with van der Waals surface area (Å²) in [7, 11) is 0. The van der Waals surface area contributed by atoms with E-state index in [2.05, 4.69) is 24.3 Å². The summed E-state index contributed by atoms with van der Waals surface area (Å²) in [6.45, 7) is -0.264. The van der Waals surface area contributed by atoms with Gasteiger partial charge < -0.3 is 25.2 Å². The predicted molar refractivity (Wildman–Crippen MR) is 105 cm³/mol. The van der Waals surface area contributed by atoms with Crippen LogP contribution in [0.1, 0.15) is 41.9 Å². The lowest BCUT2D eigenvalue weighted by molar-refractivity contribution is -0.157. The Hall–Kier alpha value is -1.92. The predicted octanol–water partition coefficient (Wildman–Crippen LogP) is 2.00. The molecular formula is C23H28O5. The van der Waals surface area contributed by atoms with Gasteiger partial charge in [0.25, 0.3) is 0 Å². The van der Waals surface area contributed by atoms with Crippen molar-refractivity contribution < 1.29 is 25.2 Å². The second-order valence-electron chi connectivity index (χ2n) is 8.11. The molecule has 0 heterocycles. The van der Waals surface area contributed by atoms with E-state index in [4.69, 9.17) is 4.74 Å². The Balaban J connectivity index is 1.49. The number of rotatable bonds is 6. The Morgan fingerprint density at radius 3 is 2.25 bits per heavy atom. The molecule has 0 spiro atoms. The molecule has 2 aliphatic carbocycles. The van der Waals surface area contributed by atoms with Gasteiger partial charge in [-0.15, -0.1) is 0 Å². The highest BCUT2D eigenvalue weighted by Gasteiger charge is 2.43. The maximum atomic E-state index is 10.3. The minimum Gasteiger partial charge on any atom is -0.487 e. The maximum absolute atomic E-state index is 10.3. The highest BCUT2D eigenvalue weighted by Crippen LogP contribution is 2.40. The molecular weight excluding hydrogens is 356 g/mol. The van der Waals surface area contributed by atoms with Gasteiger partial charge >= 0.3 is 0 Å². The van der Waals surface area contributed by atoms with Gasteiger partial charge in [-0.3, -0.25) is 0 Å². The Morgan fingerprint density at radius 2 is 1.57 bits per heavy atom. The smallest absolute Gasteiger partial charge is 0.128 e. The van der Waals surface area contributed by atoms with Crippen molar-refractivity contribution in [2.24, 2.45) is 5.92 Å². The summed E-state index contributed by atoms with van der Waals surface area (Å²) in [5.41, 5.74) is 3.59. The van der Waals surface area contributed by atoms with Gasteiger partial charge in [-0.05, 0) is 47.9 Å². The summed E-state index contributed by atoms with van der Waals surface area (Å²) < 4.78 is 6.06. The zero-order chi connectivity index (χ0) is 19.7.